The molecule has 1 aliphatic heterocycles. The van der Waals surface area contributed by atoms with Crippen LogP contribution in [0.3, 0.4) is 0 Å². The molecule has 210 valence electrons. The number of rotatable bonds is 4. The Bertz CT molecular complexity index is 1420. The standard InChI is InChI=1S/C34H39NO4S/c1-6-39-32(38)28-21-14-10-11-15-26(21)40-31(28)35-22-16-33(2,3)18-24(36)29(22)27(20-12-8-7-9-13-20)30-23(35)17-34(4,5)19-25(30)37/h7-9,12-13,27H,6,10-11,14-19H2,1-5H3. The second-order valence-corrected chi connectivity index (χ2v) is 14.5. The molecule has 3 aliphatic carbocycles. The zero-order valence-corrected chi connectivity index (χ0v) is 25.1. The van der Waals surface area contributed by atoms with Crippen LogP contribution in [-0.4, -0.2) is 24.1 Å². The van der Waals surface area contributed by atoms with Crippen molar-refractivity contribution in [3.05, 3.63) is 74.4 Å². The molecular formula is C34H39NO4S. The van der Waals surface area contributed by atoms with Crippen molar-refractivity contribution in [2.75, 3.05) is 11.5 Å². The monoisotopic (exact) mass is 557 g/mol. The normalized spacial score (nSPS) is 22.2. The fourth-order valence-electron chi connectivity index (χ4n) is 7.31. The van der Waals surface area contributed by atoms with E-state index in [-0.39, 0.29) is 34.3 Å². The number of allylic oxidation sites excluding steroid dienone is 4. The number of aryl methyl sites for hydroxylation is 1. The number of anilines is 1. The zero-order valence-electron chi connectivity index (χ0n) is 24.3. The highest BCUT2D eigenvalue weighted by Crippen LogP contribution is 2.57. The minimum Gasteiger partial charge on any atom is -0.462 e. The molecule has 0 atom stereocenters. The van der Waals surface area contributed by atoms with Gasteiger partial charge >= 0.3 is 5.97 Å². The molecule has 0 amide bonds. The molecule has 2 aromatic rings. The molecule has 0 bridgehead atoms. The molecule has 2 heterocycles. The van der Waals surface area contributed by atoms with Crippen molar-refractivity contribution in [2.24, 2.45) is 10.8 Å². The fourth-order valence-corrected chi connectivity index (χ4v) is 8.74. The minimum absolute atomic E-state index is 0.105. The summed E-state index contributed by atoms with van der Waals surface area (Å²) in [4.78, 5) is 45.3. The third-order valence-electron chi connectivity index (χ3n) is 8.88. The third kappa shape index (κ3) is 4.49. The van der Waals surface area contributed by atoms with Crippen molar-refractivity contribution < 1.29 is 19.1 Å². The smallest absolute Gasteiger partial charge is 0.341 e. The summed E-state index contributed by atoms with van der Waals surface area (Å²) in [5.74, 6) is -0.467. The highest BCUT2D eigenvalue weighted by molar-refractivity contribution is 7.16. The highest BCUT2D eigenvalue weighted by atomic mass is 32.1. The number of ether oxygens (including phenoxy) is 1. The Hall–Kier alpha value is -2.99. The Kier molecular flexibility index (Phi) is 6.68. The summed E-state index contributed by atoms with van der Waals surface area (Å²) in [6, 6.07) is 10.0. The van der Waals surface area contributed by atoms with E-state index in [0.717, 1.165) is 64.4 Å². The van der Waals surface area contributed by atoms with Gasteiger partial charge in [0.25, 0.3) is 0 Å². The van der Waals surface area contributed by atoms with Crippen molar-refractivity contribution in [1.29, 1.82) is 0 Å². The summed E-state index contributed by atoms with van der Waals surface area (Å²) < 4.78 is 5.65. The molecule has 4 aliphatic rings. The lowest BCUT2D eigenvalue weighted by molar-refractivity contribution is -0.119. The first-order valence-corrected chi connectivity index (χ1v) is 15.5. The van der Waals surface area contributed by atoms with Gasteiger partial charge < -0.3 is 9.64 Å². The molecule has 5 nitrogen and oxygen atoms in total. The fraction of sp³-hybridized carbons (Fsp3) is 0.500. The molecule has 0 saturated heterocycles. The number of ketones is 2. The lowest BCUT2D eigenvalue weighted by Crippen LogP contribution is -2.44. The van der Waals surface area contributed by atoms with Gasteiger partial charge in [-0.2, -0.15) is 0 Å². The van der Waals surface area contributed by atoms with E-state index >= 15 is 0 Å². The first-order chi connectivity index (χ1) is 19.0. The molecule has 1 aromatic carbocycles. The van der Waals surface area contributed by atoms with Crippen LogP contribution in [0.2, 0.25) is 0 Å². The minimum atomic E-state index is -0.379. The first kappa shape index (κ1) is 27.2. The van der Waals surface area contributed by atoms with E-state index in [2.05, 4.69) is 32.6 Å². The third-order valence-corrected chi connectivity index (χ3v) is 10.2. The van der Waals surface area contributed by atoms with Crippen molar-refractivity contribution in [2.45, 2.75) is 91.9 Å². The molecule has 0 unspecified atom stereocenters. The van der Waals surface area contributed by atoms with Crippen molar-refractivity contribution >= 4 is 33.9 Å². The molecule has 0 N–H and O–H groups in total. The zero-order chi connectivity index (χ0) is 28.4. The second kappa shape index (κ2) is 9.83. The SMILES string of the molecule is CCOC(=O)c1c(N2C3=C(C(=O)CC(C)(C)C3)C(c3ccccc3)C3=C2CC(C)(C)CC3=O)sc2c1CCCC2. The van der Waals surface area contributed by atoms with Gasteiger partial charge in [-0.05, 0) is 67.4 Å². The number of carbonyl (C=O) groups is 3. The van der Waals surface area contributed by atoms with Gasteiger partial charge in [0.1, 0.15) is 5.00 Å². The molecule has 0 saturated carbocycles. The molecule has 0 radical (unpaired) electrons. The number of thiophene rings is 1. The number of hydrogen-bond donors (Lipinski definition) is 0. The topological polar surface area (TPSA) is 63.7 Å². The van der Waals surface area contributed by atoms with Crippen LogP contribution in [0.15, 0.2) is 52.9 Å². The molecule has 40 heavy (non-hydrogen) atoms. The Labute approximate surface area is 241 Å². The molecule has 1 aromatic heterocycles. The number of benzene rings is 1. The van der Waals surface area contributed by atoms with E-state index in [1.807, 2.05) is 37.3 Å². The van der Waals surface area contributed by atoms with Crippen LogP contribution in [0.5, 0.6) is 0 Å². The summed E-state index contributed by atoms with van der Waals surface area (Å²) in [6.45, 7) is 10.7. The van der Waals surface area contributed by atoms with Gasteiger partial charge in [-0.25, -0.2) is 4.79 Å². The van der Waals surface area contributed by atoms with E-state index in [1.54, 1.807) is 11.3 Å². The van der Waals surface area contributed by atoms with Gasteiger partial charge in [0, 0.05) is 46.2 Å². The van der Waals surface area contributed by atoms with Crippen molar-refractivity contribution in [3.8, 4) is 0 Å². The summed E-state index contributed by atoms with van der Waals surface area (Å²) >= 11 is 1.67. The van der Waals surface area contributed by atoms with E-state index in [4.69, 9.17) is 4.74 Å². The Morgan fingerprint density at radius 1 is 0.900 bits per heavy atom. The predicted molar refractivity (Wildman–Crippen MR) is 159 cm³/mol. The maximum atomic E-state index is 14.1. The Morgan fingerprint density at radius 2 is 1.48 bits per heavy atom. The van der Waals surface area contributed by atoms with Gasteiger partial charge in [0.05, 0.1) is 12.2 Å². The number of Topliss-reactive ketones (excluding diaryl/α,β-unsaturated/α-hetero) is 2. The summed E-state index contributed by atoms with van der Waals surface area (Å²) in [7, 11) is 0. The van der Waals surface area contributed by atoms with Crippen LogP contribution >= 0.6 is 11.3 Å². The van der Waals surface area contributed by atoms with Crippen LogP contribution in [-0.2, 0) is 27.2 Å². The maximum Gasteiger partial charge on any atom is 0.341 e. The molecule has 6 rings (SSSR count). The number of nitrogens with zero attached hydrogens (tertiary/aromatic N) is 1. The average molecular weight is 558 g/mol. The van der Waals surface area contributed by atoms with Crippen LogP contribution in [0, 0.1) is 10.8 Å². The molecule has 0 spiro atoms. The van der Waals surface area contributed by atoms with E-state index < -0.39 is 0 Å². The van der Waals surface area contributed by atoms with E-state index in [1.165, 1.54) is 4.88 Å². The van der Waals surface area contributed by atoms with Gasteiger partial charge in [-0.1, -0.05) is 58.0 Å². The average Bonchev–Trinajstić information content (AvgIpc) is 3.26. The van der Waals surface area contributed by atoms with Crippen LogP contribution in [0.4, 0.5) is 5.00 Å². The first-order valence-electron chi connectivity index (χ1n) is 14.7. The number of esters is 1. The quantitative estimate of drug-likeness (QED) is 0.361. The lowest BCUT2D eigenvalue weighted by Gasteiger charge is -2.48. The highest BCUT2D eigenvalue weighted by Gasteiger charge is 2.50. The van der Waals surface area contributed by atoms with Crippen molar-refractivity contribution in [3.63, 3.8) is 0 Å². The molecule has 0 fully saturated rings. The Morgan fingerprint density at radius 3 is 2.05 bits per heavy atom. The van der Waals surface area contributed by atoms with E-state index in [0.29, 0.717) is 37.9 Å². The van der Waals surface area contributed by atoms with Crippen LogP contribution in [0.25, 0.3) is 0 Å². The van der Waals surface area contributed by atoms with Gasteiger partial charge in [-0.3, -0.25) is 9.59 Å². The predicted octanol–water partition coefficient (Wildman–Crippen LogP) is 7.69. The van der Waals surface area contributed by atoms with Gasteiger partial charge in [0.15, 0.2) is 11.6 Å². The molecular weight excluding hydrogens is 518 g/mol. The van der Waals surface area contributed by atoms with Gasteiger partial charge in [-0.15, -0.1) is 11.3 Å². The lowest BCUT2D eigenvalue weighted by atomic mass is 9.63. The number of hydrogen-bond acceptors (Lipinski definition) is 6. The number of carbonyl (C=O) groups excluding carboxylic acids is 3. The van der Waals surface area contributed by atoms with Crippen LogP contribution in [0.1, 0.15) is 105 Å². The Balaban J connectivity index is 1.68. The summed E-state index contributed by atoms with van der Waals surface area (Å²) in [5.41, 5.74) is 5.65. The van der Waals surface area contributed by atoms with Gasteiger partial charge in [0.2, 0.25) is 0 Å². The van der Waals surface area contributed by atoms with Crippen molar-refractivity contribution in [1.82, 2.24) is 0 Å². The molecule has 6 heteroatoms. The largest absolute Gasteiger partial charge is 0.462 e. The number of fused-ring (bicyclic) bond motifs is 1. The summed E-state index contributed by atoms with van der Waals surface area (Å²) in [6.07, 6.45) is 6.23. The summed E-state index contributed by atoms with van der Waals surface area (Å²) in [5, 5.41) is 0.841. The van der Waals surface area contributed by atoms with Crippen LogP contribution < -0.4 is 4.90 Å². The maximum absolute atomic E-state index is 14.1. The second-order valence-electron chi connectivity index (χ2n) is 13.4. The van der Waals surface area contributed by atoms with E-state index in [9.17, 15) is 14.4 Å².